The number of aromatic nitrogens is 2. The van der Waals surface area contributed by atoms with Gasteiger partial charge in [0.2, 0.25) is 15.9 Å². The first-order valence-electron chi connectivity index (χ1n) is 7.09. The van der Waals surface area contributed by atoms with Crippen molar-refractivity contribution in [3.63, 3.8) is 0 Å². The molecule has 2 aromatic heterocycles. The Bertz CT molecular complexity index is 975. The smallest absolute Gasteiger partial charge is 0.322 e. The summed E-state index contributed by atoms with van der Waals surface area (Å²) in [6.45, 7) is 0. The van der Waals surface area contributed by atoms with E-state index in [1.165, 1.54) is 38.6 Å². The summed E-state index contributed by atoms with van der Waals surface area (Å²) < 4.78 is 35.5. The molecule has 0 aliphatic heterocycles. The topological polar surface area (TPSA) is 119 Å². The highest BCUT2D eigenvalue weighted by molar-refractivity contribution is 7.89. The van der Waals surface area contributed by atoms with Crippen LogP contribution in [0.25, 0.3) is 11.5 Å². The van der Waals surface area contributed by atoms with E-state index in [9.17, 15) is 13.2 Å². The second-order valence-corrected chi connectivity index (χ2v) is 7.31. The number of amides is 1. The molecule has 0 saturated carbocycles. The summed E-state index contributed by atoms with van der Waals surface area (Å²) in [5.41, 5.74) is 0.517. The van der Waals surface area contributed by atoms with Gasteiger partial charge >= 0.3 is 6.01 Å². The van der Waals surface area contributed by atoms with E-state index in [1.54, 1.807) is 18.2 Å². The van der Waals surface area contributed by atoms with Crippen LogP contribution >= 0.6 is 0 Å². The zero-order valence-corrected chi connectivity index (χ0v) is 14.1. The van der Waals surface area contributed by atoms with Crippen molar-refractivity contribution in [3.05, 3.63) is 48.4 Å². The van der Waals surface area contributed by atoms with E-state index in [1.807, 2.05) is 0 Å². The second-order valence-electron chi connectivity index (χ2n) is 5.16. The average molecular weight is 362 g/mol. The van der Waals surface area contributed by atoms with Crippen molar-refractivity contribution in [2.24, 2.45) is 0 Å². The van der Waals surface area contributed by atoms with Crippen LogP contribution in [0.4, 0.5) is 6.01 Å². The van der Waals surface area contributed by atoms with Crippen LogP contribution in [0.3, 0.4) is 0 Å². The first kappa shape index (κ1) is 16.9. The molecule has 0 bridgehead atoms. The summed E-state index contributed by atoms with van der Waals surface area (Å²) in [5.74, 6) is -0.269. The molecule has 0 spiro atoms. The number of benzene rings is 1. The molecule has 0 aliphatic rings. The van der Waals surface area contributed by atoms with Crippen molar-refractivity contribution in [1.82, 2.24) is 14.5 Å². The predicted octanol–water partition coefficient (Wildman–Crippen LogP) is 1.83. The van der Waals surface area contributed by atoms with Gasteiger partial charge in [0.1, 0.15) is 0 Å². The molecule has 3 rings (SSSR count). The molecule has 130 valence electrons. The number of rotatable bonds is 5. The second kappa shape index (κ2) is 6.49. The van der Waals surface area contributed by atoms with Crippen molar-refractivity contribution in [1.29, 1.82) is 0 Å². The van der Waals surface area contributed by atoms with Crippen LogP contribution in [-0.2, 0) is 10.0 Å². The highest BCUT2D eigenvalue weighted by Gasteiger charge is 2.18. The first-order valence-corrected chi connectivity index (χ1v) is 8.53. The van der Waals surface area contributed by atoms with Crippen LogP contribution in [-0.4, -0.2) is 42.9 Å². The molecular weight excluding hydrogens is 348 g/mol. The van der Waals surface area contributed by atoms with Gasteiger partial charge in [-0.1, -0.05) is 5.10 Å². The Kier molecular flexibility index (Phi) is 4.38. The van der Waals surface area contributed by atoms with Crippen molar-refractivity contribution in [3.8, 4) is 11.5 Å². The zero-order chi connectivity index (χ0) is 18.0. The quantitative estimate of drug-likeness (QED) is 0.735. The van der Waals surface area contributed by atoms with E-state index >= 15 is 0 Å². The van der Waals surface area contributed by atoms with Crippen LogP contribution in [0.2, 0.25) is 0 Å². The van der Waals surface area contributed by atoms with Crippen LogP contribution in [0.5, 0.6) is 0 Å². The lowest BCUT2D eigenvalue weighted by Crippen LogP contribution is -2.22. The lowest BCUT2D eigenvalue weighted by Gasteiger charge is -2.11. The Morgan fingerprint density at radius 3 is 2.44 bits per heavy atom. The molecule has 1 N–H and O–H groups in total. The van der Waals surface area contributed by atoms with E-state index in [0.29, 0.717) is 5.56 Å². The van der Waals surface area contributed by atoms with Gasteiger partial charge in [0.15, 0.2) is 5.76 Å². The van der Waals surface area contributed by atoms with Gasteiger partial charge in [0.25, 0.3) is 5.91 Å². The number of carbonyl (C=O) groups excluding carboxylic acids is 1. The molecule has 0 aliphatic carbocycles. The molecule has 0 unspecified atom stereocenters. The monoisotopic (exact) mass is 362 g/mol. The molecule has 0 fully saturated rings. The van der Waals surface area contributed by atoms with Gasteiger partial charge < -0.3 is 8.83 Å². The number of sulfonamides is 1. The minimum atomic E-state index is -3.51. The summed E-state index contributed by atoms with van der Waals surface area (Å²) in [4.78, 5) is 12.0. The zero-order valence-electron chi connectivity index (χ0n) is 13.3. The molecule has 10 heteroatoms. The predicted molar refractivity (Wildman–Crippen MR) is 87.3 cm³/mol. The van der Waals surface area contributed by atoms with Crippen molar-refractivity contribution < 1.29 is 22.0 Å². The van der Waals surface area contributed by atoms with E-state index in [4.69, 9.17) is 8.83 Å². The number of nitrogens with one attached hydrogen (secondary N) is 1. The van der Waals surface area contributed by atoms with Crippen LogP contribution in [0.15, 0.2) is 56.4 Å². The van der Waals surface area contributed by atoms with Gasteiger partial charge in [0.05, 0.1) is 11.2 Å². The number of carbonyl (C=O) groups is 1. The largest absolute Gasteiger partial charge is 0.459 e. The molecule has 1 aromatic carbocycles. The Morgan fingerprint density at radius 2 is 1.84 bits per heavy atom. The number of hydrogen-bond acceptors (Lipinski definition) is 7. The maximum absolute atomic E-state index is 12.0. The maximum Gasteiger partial charge on any atom is 0.322 e. The van der Waals surface area contributed by atoms with Gasteiger partial charge in [-0.15, -0.1) is 5.10 Å². The minimum absolute atomic E-state index is 0.0959. The summed E-state index contributed by atoms with van der Waals surface area (Å²) in [7, 11) is -0.605. The van der Waals surface area contributed by atoms with Gasteiger partial charge in [-0.3, -0.25) is 10.1 Å². The van der Waals surface area contributed by atoms with E-state index < -0.39 is 15.9 Å². The highest BCUT2D eigenvalue weighted by Crippen LogP contribution is 2.22. The fourth-order valence-electron chi connectivity index (χ4n) is 1.94. The number of nitrogens with zero attached hydrogens (tertiary/aromatic N) is 3. The molecule has 2 heterocycles. The fraction of sp³-hybridized carbons (Fsp3) is 0.133. The summed E-state index contributed by atoms with van der Waals surface area (Å²) in [6.07, 6.45) is 1.37. The molecule has 0 atom stereocenters. The van der Waals surface area contributed by atoms with Crippen LogP contribution < -0.4 is 5.32 Å². The molecule has 1 amide bonds. The standard InChI is InChI=1S/C15H14N4O5S/c1-19(2)25(21,22)11-7-5-10(6-8-11)14-17-18-15(24-14)16-13(20)12-4-3-9-23-12/h3-9H,1-2H3,(H,16,18,20). The van der Waals surface area contributed by atoms with E-state index in [2.05, 4.69) is 15.5 Å². The van der Waals surface area contributed by atoms with Gasteiger partial charge in [0, 0.05) is 19.7 Å². The van der Waals surface area contributed by atoms with Gasteiger partial charge in [-0.2, -0.15) is 0 Å². The first-order chi connectivity index (χ1) is 11.9. The number of anilines is 1. The summed E-state index contributed by atoms with van der Waals surface area (Å²) >= 11 is 0. The Labute approximate surface area is 143 Å². The Morgan fingerprint density at radius 1 is 1.12 bits per heavy atom. The molecule has 25 heavy (non-hydrogen) atoms. The third-order valence-electron chi connectivity index (χ3n) is 3.27. The maximum atomic E-state index is 12.0. The molecule has 9 nitrogen and oxygen atoms in total. The van der Waals surface area contributed by atoms with E-state index in [-0.39, 0.29) is 22.6 Å². The van der Waals surface area contributed by atoms with Crippen LogP contribution in [0.1, 0.15) is 10.6 Å². The highest BCUT2D eigenvalue weighted by atomic mass is 32.2. The molecule has 3 aromatic rings. The SMILES string of the molecule is CN(C)S(=O)(=O)c1ccc(-c2nnc(NC(=O)c3ccco3)o2)cc1. The summed E-state index contributed by atoms with van der Waals surface area (Å²) in [5, 5.41) is 9.96. The van der Waals surface area contributed by atoms with E-state index in [0.717, 1.165) is 4.31 Å². The molecule has 0 radical (unpaired) electrons. The lowest BCUT2D eigenvalue weighted by atomic mass is 10.2. The van der Waals surface area contributed by atoms with Crippen molar-refractivity contribution >= 4 is 21.9 Å². The third-order valence-corrected chi connectivity index (χ3v) is 5.10. The average Bonchev–Trinajstić information content (AvgIpc) is 3.26. The lowest BCUT2D eigenvalue weighted by molar-refractivity contribution is 0.0994. The Balaban J connectivity index is 1.77. The van der Waals surface area contributed by atoms with Gasteiger partial charge in [-0.05, 0) is 36.4 Å². The summed E-state index contributed by atoms with van der Waals surface area (Å²) in [6, 6.07) is 8.95. The minimum Gasteiger partial charge on any atom is -0.459 e. The molecular formula is C15H14N4O5S. The third kappa shape index (κ3) is 3.44. The number of furan rings is 1. The van der Waals surface area contributed by atoms with Crippen molar-refractivity contribution in [2.45, 2.75) is 4.90 Å². The molecule has 0 saturated heterocycles. The van der Waals surface area contributed by atoms with Gasteiger partial charge in [-0.25, -0.2) is 12.7 Å². The van der Waals surface area contributed by atoms with Crippen LogP contribution in [0, 0.1) is 0 Å². The number of hydrogen-bond donors (Lipinski definition) is 1. The normalized spacial score (nSPS) is 11.6. The fourth-order valence-corrected chi connectivity index (χ4v) is 2.84. The van der Waals surface area contributed by atoms with Crippen molar-refractivity contribution in [2.75, 3.05) is 19.4 Å². The Hall–Kier alpha value is -2.98.